The van der Waals surface area contributed by atoms with E-state index in [4.69, 9.17) is 0 Å². The predicted octanol–water partition coefficient (Wildman–Crippen LogP) is 2.13. The van der Waals surface area contributed by atoms with Gasteiger partial charge in [0.2, 0.25) is 0 Å². The number of hydrogen-bond acceptors (Lipinski definition) is 5. The van der Waals surface area contributed by atoms with Crippen molar-refractivity contribution in [3.8, 4) is 5.75 Å². The average Bonchev–Trinajstić information content (AvgIpc) is 2.62. The summed E-state index contributed by atoms with van der Waals surface area (Å²) >= 11 is 0. The molecule has 1 aliphatic heterocycles. The Morgan fingerprint density at radius 3 is 2.96 bits per heavy atom. The third-order valence-corrected chi connectivity index (χ3v) is 4.67. The van der Waals surface area contributed by atoms with Crippen LogP contribution in [0.15, 0.2) is 30.5 Å². The van der Waals surface area contributed by atoms with Gasteiger partial charge in [0, 0.05) is 49.2 Å². The van der Waals surface area contributed by atoms with Crippen LogP contribution in [0, 0.1) is 6.92 Å². The Hall–Kier alpha value is -2.11. The summed E-state index contributed by atoms with van der Waals surface area (Å²) in [6.45, 7) is 5.01. The van der Waals surface area contributed by atoms with E-state index in [1.54, 1.807) is 13.1 Å². The maximum atomic E-state index is 10.2. The minimum Gasteiger partial charge on any atom is -0.506 e. The summed E-state index contributed by atoms with van der Waals surface area (Å²) in [6, 6.07) is 8.60. The number of para-hydroxylation sites is 1. The molecule has 0 amide bonds. The number of benzene rings is 1. The molecule has 3 rings (SSSR count). The quantitative estimate of drug-likeness (QED) is 0.709. The van der Waals surface area contributed by atoms with Gasteiger partial charge in [-0.2, -0.15) is 0 Å². The minimum atomic E-state index is -0.114. The van der Waals surface area contributed by atoms with Gasteiger partial charge < -0.3 is 20.4 Å². The summed E-state index contributed by atoms with van der Waals surface area (Å²) in [4.78, 5) is 6.50. The molecule has 1 aromatic heterocycles. The van der Waals surface area contributed by atoms with E-state index < -0.39 is 0 Å². The number of nitrogens with zero attached hydrogens (tertiary/aromatic N) is 2. The molecule has 5 nitrogen and oxygen atoms in total. The van der Waals surface area contributed by atoms with Crippen LogP contribution in [0.4, 0.5) is 5.69 Å². The number of aromatic hydroxyl groups is 1. The molecule has 2 aromatic rings. The number of aromatic nitrogens is 1. The summed E-state index contributed by atoms with van der Waals surface area (Å²) in [6.07, 6.45) is 3.98. The van der Waals surface area contributed by atoms with Crippen molar-refractivity contribution in [2.75, 3.05) is 24.5 Å². The van der Waals surface area contributed by atoms with Gasteiger partial charge in [0.1, 0.15) is 5.75 Å². The topological polar surface area (TPSA) is 68.6 Å². The Morgan fingerprint density at radius 2 is 2.12 bits per heavy atom. The highest BCUT2D eigenvalue weighted by Crippen LogP contribution is 2.26. The molecule has 1 aliphatic rings. The van der Waals surface area contributed by atoms with E-state index in [9.17, 15) is 10.2 Å². The maximum Gasteiger partial charge on any atom is 0.141 e. The van der Waals surface area contributed by atoms with Gasteiger partial charge in [0.05, 0.1) is 12.3 Å². The number of aryl methyl sites for hydroxylation is 2. The van der Waals surface area contributed by atoms with E-state index >= 15 is 0 Å². The molecular weight excluding hydrogens is 302 g/mol. The van der Waals surface area contributed by atoms with Gasteiger partial charge in [-0.1, -0.05) is 18.2 Å². The summed E-state index contributed by atoms with van der Waals surface area (Å²) in [5.41, 5.74) is 4.77. The van der Waals surface area contributed by atoms with Crippen LogP contribution < -0.4 is 10.2 Å². The fourth-order valence-corrected chi connectivity index (χ4v) is 3.29. The highest BCUT2D eigenvalue weighted by molar-refractivity contribution is 5.55. The van der Waals surface area contributed by atoms with Crippen LogP contribution in [0.5, 0.6) is 5.75 Å². The number of fused-ring (bicyclic) bond motifs is 1. The highest BCUT2D eigenvalue weighted by Gasteiger charge is 2.16. The first-order chi connectivity index (χ1) is 11.7. The first-order valence-corrected chi connectivity index (χ1v) is 8.51. The van der Waals surface area contributed by atoms with Gasteiger partial charge in [-0.3, -0.25) is 4.98 Å². The zero-order valence-electron chi connectivity index (χ0n) is 14.1. The fourth-order valence-electron chi connectivity index (χ4n) is 3.29. The number of anilines is 1. The molecule has 0 aliphatic carbocycles. The van der Waals surface area contributed by atoms with E-state index in [1.807, 2.05) is 0 Å². The van der Waals surface area contributed by atoms with Gasteiger partial charge in [-0.25, -0.2) is 0 Å². The molecule has 3 N–H and O–H groups in total. The van der Waals surface area contributed by atoms with Gasteiger partial charge >= 0.3 is 0 Å². The lowest BCUT2D eigenvalue weighted by atomic mass is 10.0. The molecule has 0 saturated heterocycles. The number of hydrogen-bond donors (Lipinski definition) is 3. The molecule has 2 heterocycles. The third-order valence-electron chi connectivity index (χ3n) is 4.67. The monoisotopic (exact) mass is 327 g/mol. The zero-order valence-corrected chi connectivity index (χ0v) is 14.1. The van der Waals surface area contributed by atoms with Crippen LogP contribution in [0.3, 0.4) is 0 Å². The van der Waals surface area contributed by atoms with Crippen molar-refractivity contribution in [2.24, 2.45) is 0 Å². The van der Waals surface area contributed by atoms with Crippen LogP contribution in [0.2, 0.25) is 0 Å². The lowest BCUT2D eigenvalue weighted by Crippen LogP contribution is -2.35. The molecule has 0 unspecified atom stereocenters. The molecule has 24 heavy (non-hydrogen) atoms. The van der Waals surface area contributed by atoms with Crippen LogP contribution in [-0.2, 0) is 19.6 Å². The highest BCUT2D eigenvalue weighted by atomic mass is 16.3. The van der Waals surface area contributed by atoms with Crippen LogP contribution >= 0.6 is 0 Å². The first kappa shape index (κ1) is 16.7. The van der Waals surface area contributed by atoms with Gasteiger partial charge in [-0.15, -0.1) is 0 Å². The zero-order chi connectivity index (χ0) is 16.9. The number of rotatable bonds is 6. The molecule has 0 radical (unpaired) electrons. The number of aliphatic hydroxyl groups is 1. The second kappa shape index (κ2) is 7.64. The van der Waals surface area contributed by atoms with E-state index in [2.05, 4.69) is 39.5 Å². The summed E-state index contributed by atoms with van der Waals surface area (Å²) in [7, 11) is 0. The average molecular weight is 327 g/mol. The second-order valence-electron chi connectivity index (χ2n) is 6.25. The van der Waals surface area contributed by atoms with Crippen LogP contribution in [-0.4, -0.2) is 34.8 Å². The second-order valence-corrected chi connectivity index (χ2v) is 6.25. The number of pyridine rings is 1. The molecule has 0 bridgehead atoms. The summed E-state index contributed by atoms with van der Waals surface area (Å²) in [5.74, 6) is 0.178. The summed E-state index contributed by atoms with van der Waals surface area (Å²) in [5, 5.41) is 23.0. The van der Waals surface area contributed by atoms with Gasteiger partial charge in [0.15, 0.2) is 0 Å². The predicted molar refractivity (Wildman–Crippen MR) is 95.2 cm³/mol. The molecule has 1 aromatic carbocycles. The molecule has 0 spiro atoms. The van der Waals surface area contributed by atoms with E-state index in [0.717, 1.165) is 31.6 Å². The molecule has 0 atom stereocenters. The largest absolute Gasteiger partial charge is 0.506 e. The van der Waals surface area contributed by atoms with Crippen LogP contribution in [0.25, 0.3) is 0 Å². The first-order valence-electron chi connectivity index (χ1n) is 8.51. The van der Waals surface area contributed by atoms with E-state index in [-0.39, 0.29) is 12.4 Å². The van der Waals surface area contributed by atoms with Crippen LogP contribution in [0.1, 0.15) is 28.8 Å². The SMILES string of the molecule is Cc1ncc(CO)c(CNCCN2CCCc3ccccc32)c1O. The molecular formula is C19H25N3O2. The van der Waals surface area contributed by atoms with Crippen molar-refractivity contribution in [3.63, 3.8) is 0 Å². The van der Waals surface area contributed by atoms with Crippen molar-refractivity contribution < 1.29 is 10.2 Å². The van der Waals surface area contributed by atoms with Crippen molar-refractivity contribution in [1.82, 2.24) is 10.3 Å². The van der Waals surface area contributed by atoms with Crippen molar-refractivity contribution in [3.05, 3.63) is 52.8 Å². The lowest BCUT2D eigenvalue weighted by Gasteiger charge is -2.31. The van der Waals surface area contributed by atoms with Crippen molar-refractivity contribution >= 4 is 5.69 Å². The van der Waals surface area contributed by atoms with Crippen molar-refractivity contribution in [1.29, 1.82) is 0 Å². The molecule has 128 valence electrons. The smallest absolute Gasteiger partial charge is 0.141 e. The normalized spacial score (nSPS) is 13.8. The minimum absolute atomic E-state index is 0.114. The summed E-state index contributed by atoms with van der Waals surface area (Å²) < 4.78 is 0. The Labute approximate surface area is 143 Å². The maximum absolute atomic E-state index is 10.2. The fraction of sp³-hybridized carbons (Fsp3) is 0.421. The lowest BCUT2D eigenvalue weighted by molar-refractivity contribution is 0.278. The van der Waals surface area contributed by atoms with E-state index in [1.165, 1.54) is 17.7 Å². The van der Waals surface area contributed by atoms with Gasteiger partial charge in [0.25, 0.3) is 0 Å². The Kier molecular flexibility index (Phi) is 5.33. The van der Waals surface area contributed by atoms with Crippen molar-refractivity contribution in [2.45, 2.75) is 32.9 Å². The Morgan fingerprint density at radius 1 is 1.29 bits per heavy atom. The number of nitrogens with one attached hydrogen (secondary N) is 1. The Balaban J connectivity index is 1.58. The standard InChI is InChI=1S/C19H25N3O2/c1-14-19(24)17(16(13-23)11-21-14)12-20-8-10-22-9-4-6-15-5-2-3-7-18(15)22/h2-3,5,7,11,20,23-24H,4,6,8-10,12-13H2,1H3. The molecule has 0 fully saturated rings. The molecule has 0 saturated carbocycles. The Bertz CT molecular complexity index is 703. The third kappa shape index (κ3) is 3.52. The van der Waals surface area contributed by atoms with E-state index in [0.29, 0.717) is 17.8 Å². The molecule has 5 heteroatoms. The van der Waals surface area contributed by atoms with Gasteiger partial charge in [-0.05, 0) is 31.4 Å². The number of aliphatic hydroxyl groups excluding tert-OH is 1.